The van der Waals surface area contributed by atoms with E-state index in [0.717, 1.165) is 11.1 Å². The van der Waals surface area contributed by atoms with Crippen LogP contribution in [-0.4, -0.2) is 40.8 Å². The van der Waals surface area contributed by atoms with Gasteiger partial charge in [-0.2, -0.15) is 11.8 Å². The number of carbonyl (C=O) groups excluding carboxylic acids is 2. The molecule has 1 amide bonds. The molecule has 0 aromatic heterocycles. The third kappa shape index (κ3) is 6.44. The zero-order valence-corrected chi connectivity index (χ0v) is 14.5. The summed E-state index contributed by atoms with van der Waals surface area (Å²) in [5.41, 5.74) is 2.72. The molecule has 2 N–H and O–H groups in total. The van der Waals surface area contributed by atoms with Crippen LogP contribution in [0, 0.1) is 13.8 Å². The number of hydrogen-bond donors (Lipinski definition) is 2. The summed E-state index contributed by atoms with van der Waals surface area (Å²) in [4.78, 5) is 35.0. The van der Waals surface area contributed by atoms with Gasteiger partial charge in [-0.1, -0.05) is 12.1 Å². The van der Waals surface area contributed by atoms with Crippen LogP contribution in [0.1, 0.15) is 40.7 Å². The van der Waals surface area contributed by atoms with E-state index in [0.29, 0.717) is 17.7 Å². The summed E-state index contributed by atoms with van der Waals surface area (Å²) < 4.78 is 0. The lowest BCUT2D eigenvalue weighted by Gasteiger charge is -2.13. The maximum absolute atomic E-state index is 12.1. The summed E-state index contributed by atoms with van der Waals surface area (Å²) in [6.45, 7) is 3.90. The lowest BCUT2D eigenvalue weighted by Crippen LogP contribution is -2.41. The van der Waals surface area contributed by atoms with Crippen molar-refractivity contribution < 1.29 is 19.5 Å². The fourth-order valence-corrected chi connectivity index (χ4v) is 2.52. The third-order valence-corrected chi connectivity index (χ3v) is 4.30. The van der Waals surface area contributed by atoms with Crippen molar-refractivity contribution in [2.75, 3.05) is 12.0 Å². The van der Waals surface area contributed by atoms with Crippen LogP contribution in [0.15, 0.2) is 18.2 Å². The molecule has 1 unspecified atom stereocenters. The number of aryl methyl sites for hydroxylation is 2. The lowest BCUT2D eigenvalue weighted by molar-refractivity contribution is -0.141. The minimum atomic E-state index is -1.05. The van der Waals surface area contributed by atoms with E-state index in [9.17, 15) is 14.4 Å². The van der Waals surface area contributed by atoms with E-state index in [1.807, 2.05) is 32.2 Å². The highest BCUT2D eigenvalue weighted by Crippen LogP contribution is 2.12. The molecule has 0 saturated carbocycles. The monoisotopic (exact) mass is 337 g/mol. The SMILES string of the molecule is CSCCC(NC(=O)CCC(=O)c1ccc(C)c(C)c1)C(=O)O. The summed E-state index contributed by atoms with van der Waals surface area (Å²) in [7, 11) is 0. The Balaban J connectivity index is 2.52. The molecule has 0 aliphatic heterocycles. The second-order valence-electron chi connectivity index (χ2n) is 5.46. The Morgan fingerprint density at radius 3 is 2.43 bits per heavy atom. The van der Waals surface area contributed by atoms with Gasteiger partial charge in [-0.15, -0.1) is 0 Å². The second-order valence-corrected chi connectivity index (χ2v) is 6.45. The number of carboxylic acid groups (broad SMARTS) is 1. The molecule has 1 atom stereocenters. The molecular weight excluding hydrogens is 314 g/mol. The Hall–Kier alpha value is -1.82. The normalized spacial score (nSPS) is 11.8. The smallest absolute Gasteiger partial charge is 0.326 e. The number of Topliss-reactive ketones (excluding diaryl/α,β-unsaturated/α-hetero) is 1. The second kappa shape index (κ2) is 9.35. The molecule has 0 aliphatic rings. The molecule has 0 bridgehead atoms. The largest absolute Gasteiger partial charge is 0.480 e. The van der Waals surface area contributed by atoms with E-state index in [1.165, 1.54) is 11.8 Å². The van der Waals surface area contributed by atoms with Gasteiger partial charge in [0.2, 0.25) is 5.91 Å². The van der Waals surface area contributed by atoms with Gasteiger partial charge in [0.1, 0.15) is 6.04 Å². The van der Waals surface area contributed by atoms with Gasteiger partial charge in [0.15, 0.2) is 5.78 Å². The Morgan fingerprint density at radius 2 is 1.87 bits per heavy atom. The maximum atomic E-state index is 12.1. The predicted octanol–water partition coefficient (Wildman–Crippen LogP) is 2.59. The number of benzene rings is 1. The van der Waals surface area contributed by atoms with E-state index in [4.69, 9.17) is 5.11 Å². The number of rotatable bonds is 9. The van der Waals surface area contributed by atoms with Gasteiger partial charge in [0.25, 0.3) is 0 Å². The van der Waals surface area contributed by atoms with Crippen molar-refractivity contribution in [3.05, 3.63) is 34.9 Å². The molecule has 126 valence electrons. The quantitative estimate of drug-likeness (QED) is 0.677. The average molecular weight is 337 g/mol. The molecule has 1 aromatic rings. The van der Waals surface area contributed by atoms with Crippen molar-refractivity contribution >= 4 is 29.4 Å². The molecule has 23 heavy (non-hydrogen) atoms. The van der Waals surface area contributed by atoms with Crippen molar-refractivity contribution in [2.45, 2.75) is 39.2 Å². The van der Waals surface area contributed by atoms with E-state index in [2.05, 4.69) is 5.32 Å². The van der Waals surface area contributed by atoms with Crippen molar-refractivity contribution in [3.8, 4) is 0 Å². The van der Waals surface area contributed by atoms with Crippen LogP contribution in [0.2, 0.25) is 0 Å². The highest BCUT2D eigenvalue weighted by Gasteiger charge is 2.19. The minimum absolute atomic E-state index is 0.00515. The van der Waals surface area contributed by atoms with Gasteiger partial charge >= 0.3 is 5.97 Å². The minimum Gasteiger partial charge on any atom is -0.480 e. The molecule has 0 fully saturated rings. The number of carbonyl (C=O) groups is 3. The summed E-state index contributed by atoms with van der Waals surface area (Å²) in [5, 5.41) is 11.5. The Labute approximate surface area is 140 Å². The first-order valence-corrected chi connectivity index (χ1v) is 8.86. The predicted molar refractivity (Wildman–Crippen MR) is 92.0 cm³/mol. The first-order chi connectivity index (χ1) is 10.8. The Kier molecular flexibility index (Phi) is 7.81. The number of carboxylic acids is 1. The zero-order valence-electron chi connectivity index (χ0n) is 13.7. The topological polar surface area (TPSA) is 83.5 Å². The highest BCUT2D eigenvalue weighted by molar-refractivity contribution is 7.98. The molecule has 0 radical (unpaired) electrons. The van der Waals surface area contributed by atoms with E-state index in [-0.39, 0.29) is 18.6 Å². The fourth-order valence-electron chi connectivity index (χ4n) is 2.05. The van der Waals surface area contributed by atoms with Crippen molar-refractivity contribution in [2.24, 2.45) is 0 Å². The van der Waals surface area contributed by atoms with Crippen LogP contribution in [0.3, 0.4) is 0 Å². The van der Waals surface area contributed by atoms with Crippen LogP contribution in [-0.2, 0) is 9.59 Å². The van der Waals surface area contributed by atoms with Crippen LogP contribution in [0.5, 0.6) is 0 Å². The molecule has 0 heterocycles. The van der Waals surface area contributed by atoms with Gasteiger partial charge < -0.3 is 10.4 Å². The number of aliphatic carboxylic acids is 1. The molecule has 0 aliphatic carbocycles. The number of nitrogens with one attached hydrogen (secondary N) is 1. The summed E-state index contributed by atoms with van der Waals surface area (Å²) in [6, 6.07) is 4.55. The van der Waals surface area contributed by atoms with Crippen LogP contribution in [0.4, 0.5) is 0 Å². The van der Waals surface area contributed by atoms with Crippen LogP contribution < -0.4 is 5.32 Å². The van der Waals surface area contributed by atoms with Gasteiger partial charge in [-0.05, 0) is 49.5 Å². The third-order valence-electron chi connectivity index (χ3n) is 3.65. The standard InChI is InChI=1S/C17H23NO4S/c1-11-4-5-13(10-12(11)2)15(19)6-7-16(20)18-14(17(21)22)8-9-23-3/h4-5,10,14H,6-9H2,1-3H3,(H,18,20)(H,21,22). The molecule has 0 spiro atoms. The maximum Gasteiger partial charge on any atom is 0.326 e. The van der Waals surface area contributed by atoms with Gasteiger partial charge in [-0.3, -0.25) is 9.59 Å². The van der Waals surface area contributed by atoms with E-state index < -0.39 is 17.9 Å². The molecule has 6 heteroatoms. The highest BCUT2D eigenvalue weighted by atomic mass is 32.2. The summed E-state index contributed by atoms with van der Waals surface area (Å²) in [6.07, 6.45) is 2.31. The van der Waals surface area contributed by atoms with E-state index in [1.54, 1.807) is 6.07 Å². The number of thioether (sulfide) groups is 1. The summed E-state index contributed by atoms with van der Waals surface area (Å²) in [5.74, 6) is -0.915. The first kappa shape index (κ1) is 19.2. The van der Waals surface area contributed by atoms with Gasteiger partial charge in [-0.25, -0.2) is 4.79 Å². The van der Waals surface area contributed by atoms with Crippen LogP contribution >= 0.6 is 11.8 Å². The van der Waals surface area contributed by atoms with Crippen molar-refractivity contribution in [3.63, 3.8) is 0 Å². The zero-order chi connectivity index (χ0) is 17.4. The number of hydrogen-bond acceptors (Lipinski definition) is 4. The first-order valence-electron chi connectivity index (χ1n) is 7.46. The molecular formula is C17H23NO4S. The number of amides is 1. The fraction of sp³-hybridized carbons (Fsp3) is 0.471. The average Bonchev–Trinajstić information content (AvgIpc) is 2.51. The number of ketones is 1. The van der Waals surface area contributed by atoms with Crippen molar-refractivity contribution in [1.29, 1.82) is 0 Å². The summed E-state index contributed by atoms with van der Waals surface area (Å²) >= 11 is 1.52. The van der Waals surface area contributed by atoms with Crippen molar-refractivity contribution in [1.82, 2.24) is 5.32 Å². The van der Waals surface area contributed by atoms with Gasteiger partial charge in [0.05, 0.1) is 0 Å². The van der Waals surface area contributed by atoms with E-state index >= 15 is 0 Å². The lowest BCUT2D eigenvalue weighted by atomic mass is 10.0. The molecule has 0 saturated heterocycles. The van der Waals surface area contributed by atoms with Gasteiger partial charge in [0, 0.05) is 18.4 Å². The molecule has 5 nitrogen and oxygen atoms in total. The molecule has 1 rings (SSSR count). The molecule has 1 aromatic carbocycles. The van der Waals surface area contributed by atoms with Crippen LogP contribution in [0.25, 0.3) is 0 Å². The Bertz CT molecular complexity index is 586. The Morgan fingerprint density at radius 1 is 1.17 bits per heavy atom.